The lowest BCUT2D eigenvalue weighted by molar-refractivity contribution is 0.120. The van der Waals surface area contributed by atoms with E-state index < -0.39 is 10.0 Å². The number of hydrogen-bond acceptors (Lipinski definition) is 8. The fourth-order valence-electron chi connectivity index (χ4n) is 1.71. The van der Waals surface area contributed by atoms with Crippen molar-refractivity contribution in [3.05, 3.63) is 0 Å². The summed E-state index contributed by atoms with van der Waals surface area (Å²) in [7, 11) is -3.11. The maximum atomic E-state index is 10.9. The van der Waals surface area contributed by atoms with Gasteiger partial charge in [0.25, 0.3) is 0 Å². The van der Waals surface area contributed by atoms with Crippen molar-refractivity contribution in [3.63, 3.8) is 0 Å². The lowest BCUT2D eigenvalue weighted by atomic mass is 10.2. The molecule has 1 aromatic heterocycles. The third-order valence-corrected chi connectivity index (χ3v) is 5.35. The summed E-state index contributed by atoms with van der Waals surface area (Å²) in [5.41, 5.74) is 0. The maximum Gasteiger partial charge on any atom is 0.208 e. The van der Waals surface area contributed by atoms with Crippen LogP contribution < -0.4 is 10.0 Å². The van der Waals surface area contributed by atoms with E-state index in [1.165, 1.54) is 23.1 Å². The van der Waals surface area contributed by atoms with Gasteiger partial charge in [-0.25, -0.2) is 13.1 Å². The molecule has 0 aromatic carbocycles. The van der Waals surface area contributed by atoms with E-state index in [1.54, 1.807) is 0 Å². The fourth-order valence-corrected chi connectivity index (χ4v) is 4.00. The number of sulfonamides is 1. The molecule has 0 aliphatic carbocycles. The highest BCUT2D eigenvalue weighted by molar-refractivity contribution is 8.01. The maximum absolute atomic E-state index is 10.9. The van der Waals surface area contributed by atoms with Crippen LogP contribution in [0.3, 0.4) is 0 Å². The molecule has 1 atom stereocenters. The van der Waals surface area contributed by atoms with Crippen LogP contribution in [-0.4, -0.2) is 56.4 Å². The molecule has 0 bridgehead atoms. The van der Waals surface area contributed by atoms with Gasteiger partial charge in [-0.1, -0.05) is 23.1 Å². The fraction of sp³-hybridized carbons (Fsp3) is 0.800. The average molecular weight is 338 g/mol. The van der Waals surface area contributed by atoms with Gasteiger partial charge in [0.15, 0.2) is 4.34 Å². The number of anilines is 1. The standard InChI is InChI=1S/C10H18N4O3S3/c1-20(15,16)12-4-6-18-10-14-13-9(19-10)11-7-8-3-2-5-17-8/h8,12H,2-7H2,1H3,(H,11,13)/t8-/m0/s1. The van der Waals surface area contributed by atoms with E-state index in [0.717, 1.165) is 41.7 Å². The molecule has 1 aliphatic rings. The quantitative estimate of drug-likeness (QED) is 0.534. The van der Waals surface area contributed by atoms with E-state index >= 15 is 0 Å². The summed E-state index contributed by atoms with van der Waals surface area (Å²) in [6.07, 6.45) is 3.63. The Bertz CT molecular complexity index is 514. The molecular formula is C10H18N4O3S3. The first-order chi connectivity index (χ1) is 9.53. The van der Waals surface area contributed by atoms with Crippen LogP contribution in [0, 0.1) is 0 Å². The van der Waals surface area contributed by atoms with Crippen LogP contribution in [0.2, 0.25) is 0 Å². The molecule has 10 heteroatoms. The van der Waals surface area contributed by atoms with Gasteiger partial charge in [0.1, 0.15) is 0 Å². The SMILES string of the molecule is CS(=O)(=O)NCCSc1nnc(NC[C@@H]2CCCO2)s1. The molecular weight excluding hydrogens is 320 g/mol. The number of hydrogen-bond donors (Lipinski definition) is 2. The lowest BCUT2D eigenvalue weighted by Crippen LogP contribution is -2.24. The van der Waals surface area contributed by atoms with Crippen LogP contribution >= 0.6 is 23.1 Å². The number of aromatic nitrogens is 2. The zero-order chi connectivity index (χ0) is 14.4. The molecule has 1 fully saturated rings. The van der Waals surface area contributed by atoms with E-state index in [2.05, 4.69) is 20.2 Å². The minimum Gasteiger partial charge on any atom is -0.376 e. The summed E-state index contributed by atoms with van der Waals surface area (Å²) >= 11 is 2.96. The highest BCUT2D eigenvalue weighted by atomic mass is 32.2. The topological polar surface area (TPSA) is 93.2 Å². The summed E-state index contributed by atoms with van der Waals surface area (Å²) in [4.78, 5) is 0. The summed E-state index contributed by atoms with van der Waals surface area (Å²) in [6.45, 7) is 1.99. The van der Waals surface area contributed by atoms with Crippen molar-refractivity contribution in [2.75, 3.05) is 37.0 Å². The van der Waals surface area contributed by atoms with Gasteiger partial charge in [-0.15, -0.1) is 10.2 Å². The van der Waals surface area contributed by atoms with Crippen LogP contribution in [-0.2, 0) is 14.8 Å². The van der Waals surface area contributed by atoms with Crippen LogP contribution in [0.15, 0.2) is 4.34 Å². The van der Waals surface area contributed by atoms with Crippen molar-refractivity contribution in [2.24, 2.45) is 0 Å². The molecule has 1 aliphatic heterocycles. The smallest absolute Gasteiger partial charge is 0.208 e. The van der Waals surface area contributed by atoms with Crippen molar-refractivity contribution in [1.29, 1.82) is 0 Å². The Morgan fingerprint density at radius 2 is 2.35 bits per heavy atom. The lowest BCUT2D eigenvalue weighted by Gasteiger charge is -2.08. The molecule has 0 amide bonds. The van der Waals surface area contributed by atoms with E-state index in [9.17, 15) is 8.42 Å². The van der Waals surface area contributed by atoms with Gasteiger partial charge in [0.2, 0.25) is 15.2 Å². The van der Waals surface area contributed by atoms with Crippen molar-refractivity contribution < 1.29 is 13.2 Å². The third kappa shape index (κ3) is 5.92. The number of thioether (sulfide) groups is 1. The second-order valence-corrected chi connectivity index (χ2v) is 8.56. The highest BCUT2D eigenvalue weighted by Gasteiger charge is 2.15. The molecule has 2 heterocycles. The minimum absolute atomic E-state index is 0.272. The second-order valence-electron chi connectivity index (χ2n) is 4.40. The predicted molar refractivity (Wildman–Crippen MR) is 80.9 cm³/mol. The van der Waals surface area contributed by atoms with Gasteiger partial charge in [0.05, 0.1) is 12.4 Å². The first-order valence-corrected chi connectivity index (χ1v) is 9.99. The first-order valence-electron chi connectivity index (χ1n) is 6.29. The van der Waals surface area contributed by atoms with Crippen molar-refractivity contribution >= 4 is 38.3 Å². The van der Waals surface area contributed by atoms with Gasteiger partial charge in [-0.3, -0.25) is 0 Å². The number of nitrogens with zero attached hydrogens (tertiary/aromatic N) is 2. The van der Waals surface area contributed by atoms with Gasteiger partial charge in [-0.05, 0) is 12.8 Å². The molecule has 114 valence electrons. The molecule has 1 aromatic rings. The largest absolute Gasteiger partial charge is 0.376 e. The van der Waals surface area contributed by atoms with Crippen molar-refractivity contribution in [2.45, 2.75) is 23.3 Å². The Balaban J connectivity index is 1.66. The zero-order valence-corrected chi connectivity index (χ0v) is 13.6. The number of nitrogens with one attached hydrogen (secondary N) is 2. The zero-order valence-electron chi connectivity index (χ0n) is 11.2. The predicted octanol–water partition coefficient (Wildman–Crippen LogP) is 0.770. The molecule has 0 spiro atoms. The summed E-state index contributed by atoms with van der Waals surface area (Å²) < 4.78 is 30.6. The molecule has 7 nitrogen and oxygen atoms in total. The third-order valence-electron chi connectivity index (χ3n) is 2.60. The Morgan fingerprint density at radius 1 is 1.50 bits per heavy atom. The van der Waals surface area contributed by atoms with E-state index in [4.69, 9.17) is 4.74 Å². The van der Waals surface area contributed by atoms with Crippen LogP contribution in [0.25, 0.3) is 0 Å². The molecule has 2 N–H and O–H groups in total. The molecule has 0 unspecified atom stereocenters. The van der Waals surface area contributed by atoms with Crippen LogP contribution in [0.4, 0.5) is 5.13 Å². The second kappa shape index (κ2) is 7.55. The first kappa shape index (κ1) is 16.0. The number of ether oxygens (including phenoxy) is 1. The highest BCUT2D eigenvalue weighted by Crippen LogP contribution is 2.25. The molecule has 20 heavy (non-hydrogen) atoms. The van der Waals surface area contributed by atoms with Crippen molar-refractivity contribution in [1.82, 2.24) is 14.9 Å². The van der Waals surface area contributed by atoms with Gasteiger partial charge >= 0.3 is 0 Å². The van der Waals surface area contributed by atoms with Crippen LogP contribution in [0.5, 0.6) is 0 Å². The Labute approximate surface area is 126 Å². The van der Waals surface area contributed by atoms with E-state index in [1.807, 2.05) is 0 Å². The molecule has 0 radical (unpaired) electrons. The molecule has 1 saturated heterocycles. The van der Waals surface area contributed by atoms with Crippen molar-refractivity contribution in [3.8, 4) is 0 Å². The van der Waals surface area contributed by atoms with Gasteiger partial charge in [-0.2, -0.15) is 0 Å². The Kier molecular flexibility index (Phi) is 6.02. The summed E-state index contributed by atoms with van der Waals surface area (Å²) in [5, 5.41) is 12.1. The average Bonchev–Trinajstić information content (AvgIpc) is 3.02. The Morgan fingerprint density at radius 3 is 3.05 bits per heavy atom. The normalized spacial score (nSPS) is 19.4. The van der Waals surface area contributed by atoms with Crippen LogP contribution in [0.1, 0.15) is 12.8 Å². The summed E-state index contributed by atoms with van der Waals surface area (Å²) in [6, 6.07) is 0. The molecule has 0 saturated carbocycles. The van der Waals surface area contributed by atoms with E-state index in [0.29, 0.717) is 12.3 Å². The summed E-state index contributed by atoms with van der Waals surface area (Å²) in [5.74, 6) is 0.632. The monoisotopic (exact) mass is 338 g/mol. The molecule has 2 rings (SSSR count). The van der Waals surface area contributed by atoms with Gasteiger partial charge < -0.3 is 10.1 Å². The number of rotatable bonds is 8. The van der Waals surface area contributed by atoms with E-state index in [-0.39, 0.29) is 6.10 Å². The minimum atomic E-state index is -3.11. The van der Waals surface area contributed by atoms with Gasteiger partial charge in [0, 0.05) is 25.4 Å². The Hall–Kier alpha value is -0.420.